The van der Waals surface area contributed by atoms with Crippen LogP contribution in [0.4, 0.5) is 13.2 Å². The van der Waals surface area contributed by atoms with Crippen molar-refractivity contribution in [3.8, 4) is 0 Å². The largest absolute Gasteiger partial charge is 0.393 e. The molecule has 2 aromatic rings. The molecule has 1 aliphatic carbocycles. The van der Waals surface area contributed by atoms with E-state index in [1.165, 1.54) is 28.9 Å². The van der Waals surface area contributed by atoms with E-state index in [4.69, 9.17) is 0 Å². The van der Waals surface area contributed by atoms with E-state index >= 15 is 0 Å². The lowest BCUT2D eigenvalue weighted by molar-refractivity contribution is -0.195. The fourth-order valence-corrected chi connectivity index (χ4v) is 3.40. The summed E-state index contributed by atoms with van der Waals surface area (Å²) in [7, 11) is 3.07. The normalized spacial score (nSPS) is 21.9. The van der Waals surface area contributed by atoms with Crippen LogP contribution in [0.15, 0.2) is 12.3 Å². The maximum Gasteiger partial charge on any atom is 0.393 e. The molecule has 0 unspecified atom stereocenters. The van der Waals surface area contributed by atoms with Gasteiger partial charge in [-0.2, -0.15) is 13.2 Å². The highest BCUT2D eigenvalue weighted by Crippen LogP contribution is 2.40. The summed E-state index contributed by atoms with van der Waals surface area (Å²) in [6.07, 6.45) is -1.24. The molecule has 2 atom stereocenters. The second kappa shape index (κ2) is 6.03. The molecule has 0 N–H and O–H groups in total. The molecule has 0 bridgehead atoms. The van der Waals surface area contributed by atoms with Crippen LogP contribution in [0, 0.1) is 5.92 Å². The number of aryl methyl sites for hydroxylation is 1. The first-order valence-electron chi connectivity index (χ1n) is 7.79. The maximum absolute atomic E-state index is 13.3. The van der Waals surface area contributed by atoms with Crippen molar-refractivity contribution < 1.29 is 18.0 Å². The van der Waals surface area contributed by atoms with Gasteiger partial charge in [0.25, 0.3) is 5.91 Å². The van der Waals surface area contributed by atoms with Gasteiger partial charge in [0.1, 0.15) is 5.52 Å². The van der Waals surface area contributed by atoms with Gasteiger partial charge in [-0.15, -0.1) is 5.10 Å². The van der Waals surface area contributed by atoms with Crippen molar-refractivity contribution in [1.29, 1.82) is 0 Å². The number of hydrogen-bond donors (Lipinski definition) is 0. The van der Waals surface area contributed by atoms with Crippen LogP contribution in [0.5, 0.6) is 0 Å². The van der Waals surface area contributed by atoms with Gasteiger partial charge in [-0.3, -0.25) is 4.79 Å². The van der Waals surface area contributed by atoms with Crippen LogP contribution in [0.25, 0.3) is 11.2 Å². The van der Waals surface area contributed by atoms with Gasteiger partial charge in [-0.1, -0.05) is 18.1 Å². The zero-order valence-corrected chi connectivity index (χ0v) is 13.4. The lowest BCUT2D eigenvalue weighted by Crippen LogP contribution is -2.48. The molecule has 0 aromatic carbocycles. The van der Waals surface area contributed by atoms with Gasteiger partial charge in [0, 0.05) is 26.3 Å². The number of rotatable bonds is 2. The van der Waals surface area contributed by atoms with Gasteiger partial charge >= 0.3 is 6.18 Å². The van der Waals surface area contributed by atoms with Crippen LogP contribution in [-0.4, -0.2) is 50.1 Å². The Balaban J connectivity index is 1.93. The quantitative estimate of drug-likeness (QED) is 0.842. The number of nitrogens with zero attached hydrogens (tertiary/aromatic N) is 5. The van der Waals surface area contributed by atoms with Crippen molar-refractivity contribution >= 4 is 17.1 Å². The van der Waals surface area contributed by atoms with Crippen molar-refractivity contribution in [2.24, 2.45) is 13.0 Å². The van der Waals surface area contributed by atoms with Crippen molar-refractivity contribution in [1.82, 2.24) is 24.9 Å². The van der Waals surface area contributed by atoms with E-state index in [1.54, 1.807) is 7.05 Å². The summed E-state index contributed by atoms with van der Waals surface area (Å²) in [4.78, 5) is 18.1. The summed E-state index contributed by atoms with van der Waals surface area (Å²) < 4.78 is 41.3. The van der Waals surface area contributed by atoms with Crippen molar-refractivity contribution in [3.05, 3.63) is 17.8 Å². The van der Waals surface area contributed by atoms with Gasteiger partial charge in [0.2, 0.25) is 0 Å². The summed E-state index contributed by atoms with van der Waals surface area (Å²) in [6.45, 7) is 0. The molecule has 130 valence electrons. The molecule has 1 saturated carbocycles. The fraction of sp³-hybridized carbons (Fsp3) is 0.600. The number of amides is 1. The second-order valence-electron chi connectivity index (χ2n) is 6.16. The van der Waals surface area contributed by atoms with E-state index < -0.39 is 24.0 Å². The molecule has 6 nitrogen and oxygen atoms in total. The first kappa shape index (κ1) is 16.7. The molecule has 9 heteroatoms. The molecule has 1 aliphatic rings. The molecule has 0 saturated heterocycles. The van der Waals surface area contributed by atoms with E-state index in [9.17, 15) is 18.0 Å². The molecule has 2 aromatic heterocycles. The molecule has 2 heterocycles. The maximum atomic E-state index is 13.3. The zero-order chi connectivity index (χ0) is 17.5. The molecule has 0 aliphatic heterocycles. The molecule has 0 spiro atoms. The molecule has 3 rings (SSSR count). The smallest absolute Gasteiger partial charge is 0.338 e. The minimum Gasteiger partial charge on any atom is -0.338 e. The Morgan fingerprint density at radius 3 is 2.75 bits per heavy atom. The van der Waals surface area contributed by atoms with E-state index in [0.29, 0.717) is 30.4 Å². The van der Waals surface area contributed by atoms with Gasteiger partial charge in [-0.25, -0.2) is 9.67 Å². The number of halogens is 3. The van der Waals surface area contributed by atoms with Gasteiger partial charge < -0.3 is 4.90 Å². The zero-order valence-electron chi connectivity index (χ0n) is 13.4. The minimum atomic E-state index is -4.31. The highest BCUT2D eigenvalue weighted by Gasteiger charge is 2.47. The molecule has 24 heavy (non-hydrogen) atoms. The summed E-state index contributed by atoms with van der Waals surface area (Å²) >= 11 is 0. The van der Waals surface area contributed by atoms with Crippen molar-refractivity contribution in [3.63, 3.8) is 0 Å². The SMILES string of the molecule is CN(C(=O)c1ccnc2c1nnn2C)[C@H]1CCCC[C@H]1C(F)(F)F. The number of aromatic nitrogens is 4. The number of carbonyl (C=O) groups is 1. The van der Waals surface area contributed by atoms with Gasteiger partial charge in [-0.05, 0) is 18.9 Å². The number of carbonyl (C=O) groups excluding carboxylic acids is 1. The fourth-order valence-electron chi connectivity index (χ4n) is 3.40. The first-order valence-corrected chi connectivity index (χ1v) is 7.79. The average Bonchev–Trinajstić information content (AvgIpc) is 2.94. The predicted molar refractivity (Wildman–Crippen MR) is 80.2 cm³/mol. The Morgan fingerprint density at radius 2 is 2.04 bits per heavy atom. The first-order chi connectivity index (χ1) is 11.3. The number of pyridine rings is 1. The summed E-state index contributed by atoms with van der Waals surface area (Å²) in [5, 5.41) is 7.73. The Labute approximate surface area is 136 Å². The van der Waals surface area contributed by atoms with E-state index in [2.05, 4.69) is 15.3 Å². The standard InChI is InChI=1S/C15H18F3N5O/c1-22(11-6-4-3-5-10(11)15(16,17)18)14(24)9-7-8-19-13-12(9)20-21-23(13)2/h7-8,10-11H,3-6H2,1-2H3/t10-,11+/m1/s1. The Kier molecular flexibility index (Phi) is 4.18. The molecular weight excluding hydrogens is 323 g/mol. The van der Waals surface area contributed by atoms with Crippen LogP contribution in [0.2, 0.25) is 0 Å². The van der Waals surface area contributed by atoms with E-state index in [0.717, 1.165) is 0 Å². The summed E-state index contributed by atoms with van der Waals surface area (Å²) in [6, 6.07) is 0.618. The topological polar surface area (TPSA) is 63.9 Å². The monoisotopic (exact) mass is 341 g/mol. The third-order valence-corrected chi connectivity index (χ3v) is 4.69. The van der Waals surface area contributed by atoms with Crippen molar-refractivity contribution in [2.75, 3.05) is 7.05 Å². The minimum absolute atomic E-state index is 0.0582. The van der Waals surface area contributed by atoms with E-state index in [-0.39, 0.29) is 12.0 Å². The molecule has 1 amide bonds. The second-order valence-corrected chi connectivity index (χ2v) is 6.16. The van der Waals surface area contributed by atoms with E-state index in [1.807, 2.05) is 0 Å². The van der Waals surface area contributed by atoms with Crippen LogP contribution in [0.1, 0.15) is 36.0 Å². The number of fused-ring (bicyclic) bond motifs is 1. The van der Waals surface area contributed by atoms with Gasteiger partial charge in [0.05, 0.1) is 11.5 Å². The molecule has 0 radical (unpaired) electrons. The van der Waals surface area contributed by atoms with Crippen LogP contribution < -0.4 is 0 Å². The number of hydrogen-bond acceptors (Lipinski definition) is 4. The third kappa shape index (κ3) is 2.83. The highest BCUT2D eigenvalue weighted by molar-refractivity contribution is 6.03. The summed E-state index contributed by atoms with van der Waals surface area (Å²) in [5.74, 6) is -1.97. The molecule has 1 fully saturated rings. The third-order valence-electron chi connectivity index (χ3n) is 4.69. The molecular formula is C15H18F3N5O. The average molecular weight is 341 g/mol. The summed E-state index contributed by atoms with van der Waals surface area (Å²) in [5.41, 5.74) is 0.948. The Hall–Kier alpha value is -2.19. The predicted octanol–water partition coefficient (Wildman–Crippen LogP) is 2.56. The van der Waals surface area contributed by atoms with Crippen molar-refractivity contribution in [2.45, 2.75) is 37.9 Å². The number of alkyl halides is 3. The van der Waals surface area contributed by atoms with Crippen LogP contribution in [0.3, 0.4) is 0 Å². The van der Waals surface area contributed by atoms with Crippen LogP contribution >= 0.6 is 0 Å². The van der Waals surface area contributed by atoms with Crippen LogP contribution in [-0.2, 0) is 7.05 Å². The lowest BCUT2D eigenvalue weighted by Gasteiger charge is -2.38. The van der Waals surface area contributed by atoms with Gasteiger partial charge in [0.15, 0.2) is 5.65 Å². The lowest BCUT2D eigenvalue weighted by atomic mass is 9.83. The Morgan fingerprint density at radius 1 is 1.33 bits per heavy atom. The Bertz CT molecular complexity index is 757. The highest BCUT2D eigenvalue weighted by atomic mass is 19.4.